The molecule has 1 aliphatic heterocycles. The molecule has 5 heteroatoms. The topological polar surface area (TPSA) is 55.3 Å². The van der Waals surface area contributed by atoms with Gasteiger partial charge in [0.25, 0.3) is 5.91 Å². The molecule has 0 atom stereocenters. The van der Waals surface area contributed by atoms with Gasteiger partial charge < -0.3 is 9.64 Å². The maximum absolute atomic E-state index is 12.5. The fourth-order valence-electron chi connectivity index (χ4n) is 3.52. The highest BCUT2D eigenvalue weighted by atomic mass is 16.5. The number of amides is 1. The highest BCUT2D eigenvalue weighted by Gasteiger charge is 2.40. The zero-order valence-electron chi connectivity index (χ0n) is 12.0. The van der Waals surface area contributed by atoms with Gasteiger partial charge >= 0.3 is 0 Å². The van der Waals surface area contributed by atoms with Gasteiger partial charge in [-0.1, -0.05) is 19.3 Å². The minimum Gasteiger partial charge on any atom is -0.480 e. The van der Waals surface area contributed by atoms with E-state index in [2.05, 4.69) is 10.2 Å². The molecule has 2 aliphatic rings. The van der Waals surface area contributed by atoms with Crippen LogP contribution in [0.3, 0.4) is 0 Å². The minimum atomic E-state index is 0.00241. The van der Waals surface area contributed by atoms with Crippen molar-refractivity contribution >= 4 is 5.91 Å². The number of carbonyl (C=O) groups excluding carboxylic acids is 1. The Morgan fingerprint density at radius 3 is 2.65 bits per heavy atom. The largest absolute Gasteiger partial charge is 0.480 e. The van der Waals surface area contributed by atoms with Gasteiger partial charge in [0.15, 0.2) is 5.69 Å². The predicted molar refractivity (Wildman–Crippen MR) is 74.6 cm³/mol. The maximum Gasteiger partial charge on any atom is 0.274 e. The van der Waals surface area contributed by atoms with Crippen LogP contribution in [-0.2, 0) is 0 Å². The Morgan fingerprint density at radius 1 is 1.20 bits per heavy atom. The summed E-state index contributed by atoms with van der Waals surface area (Å²) in [6, 6.07) is 3.38. The number of carbonyl (C=O) groups is 1. The van der Waals surface area contributed by atoms with Crippen molar-refractivity contribution in [2.24, 2.45) is 5.41 Å². The van der Waals surface area contributed by atoms with Crippen LogP contribution in [0.2, 0.25) is 0 Å². The lowest BCUT2D eigenvalue weighted by molar-refractivity contribution is 0.0751. The van der Waals surface area contributed by atoms with E-state index in [4.69, 9.17) is 4.74 Å². The summed E-state index contributed by atoms with van der Waals surface area (Å²) in [4.78, 5) is 14.4. The fourth-order valence-corrected chi connectivity index (χ4v) is 3.52. The fraction of sp³-hybridized carbons (Fsp3) is 0.667. The van der Waals surface area contributed by atoms with Gasteiger partial charge in [0.05, 0.1) is 7.11 Å². The number of aromatic nitrogens is 2. The molecule has 1 saturated heterocycles. The van der Waals surface area contributed by atoms with E-state index in [0.29, 0.717) is 17.0 Å². The van der Waals surface area contributed by atoms with Crippen LogP contribution in [0.4, 0.5) is 0 Å². The third-order valence-electron chi connectivity index (χ3n) is 4.71. The van der Waals surface area contributed by atoms with Crippen LogP contribution in [0, 0.1) is 5.41 Å². The second kappa shape index (κ2) is 5.38. The predicted octanol–water partition coefficient (Wildman–Crippen LogP) is 2.28. The Labute approximate surface area is 119 Å². The van der Waals surface area contributed by atoms with Crippen molar-refractivity contribution in [2.75, 3.05) is 20.2 Å². The van der Waals surface area contributed by atoms with E-state index >= 15 is 0 Å². The monoisotopic (exact) mass is 275 g/mol. The van der Waals surface area contributed by atoms with Crippen molar-refractivity contribution in [3.63, 3.8) is 0 Å². The van der Waals surface area contributed by atoms with Crippen molar-refractivity contribution in [2.45, 2.75) is 38.5 Å². The lowest BCUT2D eigenvalue weighted by atomic mass is 9.73. The Kier molecular flexibility index (Phi) is 3.59. The summed E-state index contributed by atoms with van der Waals surface area (Å²) in [5, 5.41) is 7.84. The molecule has 1 aromatic heterocycles. The second-order valence-electron chi connectivity index (χ2n) is 6.00. The van der Waals surface area contributed by atoms with Crippen molar-refractivity contribution in [3.8, 4) is 5.88 Å². The molecule has 2 fully saturated rings. The zero-order valence-corrected chi connectivity index (χ0v) is 12.0. The number of likely N-dealkylation sites (tertiary alicyclic amines) is 1. The highest BCUT2D eigenvalue weighted by Crippen LogP contribution is 2.43. The molecular weight excluding hydrogens is 254 g/mol. The molecule has 0 aromatic carbocycles. The summed E-state index contributed by atoms with van der Waals surface area (Å²) >= 11 is 0. The summed E-state index contributed by atoms with van der Waals surface area (Å²) in [6.45, 7) is 1.74. The van der Waals surface area contributed by atoms with Gasteiger partial charge in [-0.25, -0.2) is 0 Å². The first kappa shape index (κ1) is 13.3. The van der Waals surface area contributed by atoms with E-state index in [9.17, 15) is 4.79 Å². The molecule has 1 aromatic rings. The zero-order chi connectivity index (χ0) is 14.0. The second-order valence-corrected chi connectivity index (χ2v) is 6.00. The SMILES string of the molecule is COc1ccc(C(=O)N2CCC3(CCCCC3)C2)nn1. The number of hydrogen-bond acceptors (Lipinski definition) is 4. The lowest BCUT2D eigenvalue weighted by Crippen LogP contribution is -2.33. The van der Waals surface area contributed by atoms with E-state index in [1.807, 2.05) is 4.90 Å². The van der Waals surface area contributed by atoms with Crippen LogP contribution in [0.1, 0.15) is 49.0 Å². The minimum absolute atomic E-state index is 0.00241. The van der Waals surface area contributed by atoms with E-state index in [1.165, 1.54) is 32.1 Å². The average Bonchev–Trinajstić information content (AvgIpc) is 2.91. The van der Waals surface area contributed by atoms with Crippen molar-refractivity contribution in [1.82, 2.24) is 15.1 Å². The first-order chi connectivity index (χ1) is 9.72. The van der Waals surface area contributed by atoms with Crippen LogP contribution >= 0.6 is 0 Å². The average molecular weight is 275 g/mol. The quantitative estimate of drug-likeness (QED) is 0.831. The molecule has 0 radical (unpaired) electrons. The smallest absolute Gasteiger partial charge is 0.274 e. The number of ether oxygens (including phenoxy) is 1. The summed E-state index contributed by atoms with van der Waals surface area (Å²) in [6.07, 6.45) is 7.65. The summed E-state index contributed by atoms with van der Waals surface area (Å²) < 4.78 is 4.97. The van der Waals surface area contributed by atoms with E-state index in [-0.39, 0.29) is 5.91 Å². The summed E-state index contributed by atoms with van der Waals surface area (Å²) in [5.74, 6) is 0.439. The van der Waals surface area contributed by atoms with Gasteiger partial charge in [0.2, 0.25) is 5.88 Å². The molecule has 5 nitrogen and oxygen atoms in total. The Bertz CT molecular complexity index is 480. The summed E-state index contributed by atoms with van der Waals surface area (Å²) in [7, 11) is 1.54. The molecule has 20 heavy (non-hydrogen) atoms. The van der Waals surface area contributed by atoms with E-state index in [1.54, 1.807) is 19.2 Å². The number of methoxy groups -OCH3 is 1. The summed E-state index contributed by atoms with van der Waals surface area (Å²) in [5.41, 5.74) is 0.798. The van der Waals surface area contributed by atoms with Crippen LogP contribution in [-0.4, -0.2) is 41.2 Å². The first-order valence-corrected chi connectivity index (χ1v) is 7.39. The van der Waals surface area contributed by atoms with Crippen LogP contribution in [0.25, 0.3) is 0 Å². The molecular formula is C15H21N3O2. The molecule has 2 heterocycles. The third-order valence-corrected chi connectivity index (χ3v) is 4.71. The van der Waals surface area contributed by atoms with Crippen LogP contribution < -0.4 is 4.74 Å². The Balaban J connectivity index is 1.68. The maximum atomic E-state index is 12.5. The standard InChI is InChI=1S/C15H21N3O2/c1-20-13-6-5-12(16-17-13)14(19)18-10-9-15(11-18)7-3-2-4-8-15/h5-6H,2-4,7-11H2,1H3. The normalized spacial score (nSPS) is 21.1. The molecule has 0 bridgehead atoms. The lowest BCUT2D eigenvalue weighted by Gasteiger charge is -2.33. The van der Waals surface area contributed by atoms with Gasteiger partial charge in [0, 0.05) is 19.2 Å². The first-order valence-electron chi connectivity index (χ1n) is 7.39. The van der Waals surface area contributed by atoms with Crippen molar-refractivity contribution in [1.29, 1.82) is 0 Å². The van der Waals surface area contributed by atoms with Crippen molar-refractivity contribution in [3.05, 3.63) is 17.8 Å². The van der Waals surface area contributed by atoms with Gasteiger partial charge in [-0.15, -0.1) is 10.2 Å². The molecule has 0 unspecified atom stereocenters. The molecule has 1 aliphatic carbocycles. The van der Waals surface area contributed by atoms with Gasteiger partial charge in [0.1, 0.15) is 0 Å². The van der Waals surface area contributed by atoms with Gasteiger partial charge in [-0.05, 0) is 30.7 Å². The molecule has 1 amide bonds. The van der Waals surface area contributed by atoms with E-state index in [0.717, 1.165) is 19.5 Å². The van der Waals surface area contributed by atoms with Gasteiger partial charge in [-0.3, -0.25) is 4.79 Å². The molecule has 1 spiro atoms. The van der Waals surface area contributed by atoms with Crippen molar-refractivity contribution < 1.29 is 9.53 Å². The van der Waals surface area contributed by atoms with Crippen LogP contribution in [0.5, 0.6) is 5.88 Å². The Morgan fingerprint density at radius 2 is 2.00 bits per heavy atom. The Hall–Kier alpha value is -1.65. The van der Waals surface area contributed by atoms with Crippen LogP contribution in [0.15, 0.2) is 12.1 Å². The van der Waals surface area contributed by atoms with Gasteiger partial charge in [-0.2, -0.15) is 0 Å². The molecule has 108 valence electrons. The molecule has 3 rings (SSSR count). The third kappa shape index (κ3) is 2.49. The number of nitrogens with zero attached hydrogens (tertiary/aromatic N) is 3. The molecule has 0 N–H and O–H groups in total. The van der Waals surface area contributed by atoms with E-state index < -0.39 is 0 Å². The molecule has 1 saturated carbocycles. The number of hydrogen-bond donors (Lipinski definition) is 0. The number of rotatable bonds is 2. The highest BCUT2D eigenvalue weighted by molar-refractivity contribution is 5.92.